The highest BCUT2D eigenvalue weighted by Gasteiger charge is 2.03. The summed E-state index contributed by atoms with van der Waals surface area (Å²) in [6.45, 7) is 0.748. The Bertz CT molecular complexity index is 276. The first-order chi connectivity index (χ1) is 5.88. The van der Waals surface area contributed by atoms with Crippen molar-refractivity contribution in [1.29, 1.82) is 5.26 Å². The molecule has 0 spiro atoms. The van der Waals surface area contributed by atoms with Crippen LogP contribution < -0.4 is 0 Å². The first-order valence-electron chi connectivity index (χ1n) is 3.49. The number of ether oxygens (including phenoxy) is 1. The molecule has 1 aromatic heterocycles. The summed E-state index contributed by atoms with van der Waals surface area (Å²) in [7, 11) is 1.61. The molecule has 0 bridgehead atoms. The smallest absolute Gasteiger partial charge is 0.154 e. The van der Waals surface area contributed by atoms with Gasteiger partial charge in [-0.05, 0) is 10.4 Å². The van der Waals surface area contributed by atoms with Crippen molar-refractivity contribution in [1.82, 2.24) is 20.2 Å². The van der Waals surface area contributed by atoms with Crippen molar-refractivity contribution in [3.8, 4) is 6.07 Å². The van der Waals surface area contributed by atoms with Crippen LogP contribution in [0.4, 0.5) is 0 Å². The van der Waals surface area contributed by atoms with Gasteiger partial charge in [0.15, 0.2) is 5.82 Å². The summed E-state index contributed by atoms with van der Waals surface area (Å²) in [6, 6.07) is 1.97. The average molecular weight is 167 g/mol. The molecule has 0 saturated carbocycles. The molecule has 0 radical (unpaired) electrons. The normalized spacial score (nSPS) is 9.67. The summed E-state index contributed by atoms with van der Waals surface area (Å²) < 4.78 is 6.31. The Kier molecular flexibility index (Phi) is 3.17. The van der Waals surface area contributed by atoms with Crippen molar-refractivity contribution >= 4 is 0 Å². The standard InChI is InChI=1S/C6H9N5O/c1-12-5-2-6-8-9-10-11(6)4-3-7/h2,4-5H2,1H3. The van der Waals surface area contributed by atoms with Crippen LogP contribution in [0.5, 0.6) is 0 Å². The Hall–Kier alpha value is -1.48. The van der Waals surface area contributed by atoms with E-state index in [0.29, 0.717) is 18.9 Å². The molecule has 12 heavy (non-hydrogen) atoms. The number of hydrogen-bond acceptors (Lipinski definition) is 5. The van der Waals surface area contributed by atoms with Crippen LogP contribution in [-0.2, 0) is 17.7 Å². The first-order valence-corrected chi connectivity index (χ1v) is 3.49. The lowest BCUT2D eigenvalue weighted by Gasteiger charge is -1.97. The minimum absolute atomic E-state index is 0.187. The van der Waals surface area contributed by atoms with Crippen LogP contribution in [-0.4, -0.2) is 33.9 Å². The van der Waals surface area contributed by atoms with Crippen LogP contribution in [0, 0.1) is 11.3 Å². The highest BCUT2D eigenvalue weighted by atomic mass is 16.5. The lowest BCUT2D eigenvalue weighted by Crippen LogP contribution is -2.07. The van der Waals surface area contributed by atoms with E-state index in [4.69, 9.17) is 10.00 Å². The van der Waals surface area contributed by atoms with E-state index in [1.165, 1.54) is 4.68 Å². The fraction of sp³-hybridized carbons (Fsp3) is 0.667. The van der Waals surface area contributed by atoms with Crippen molar-refractivity contribution in [2.24, 2.45) is 0 Å². The van der Waals surface area contributed by atoms with Gasteiger partial charge in [-0.25, -0.2) is 4.68 Å². The molecule has 1 rings (SSSR count). The molecule has 1 aromatic rings. The largest absolute Gasteiger partial charge is 0.384 e. The van der Waals surface area contributed by atoms with E-state index in [0.717, 1.165) is 0 Å². The zero-order valence-electron chi connectivity index (χ0n) is 6.77. The van der Waals surface area contributed by atoms with Crippen LogP contribution in [0.3, 0.4) is 0 Å². The van der Waals surface area contributed by atoms with Gasteiger partial charge in [0, 0.05) is 13.5 Å². The van der Waals surface area contributed by atoms with Gasteiger partial charge in [0.2, 0.25) is 0 Å². The van der Waals surface area contributed by atoms with Crippen molar-refractivity contribution in [3.05, 3.63) is 5.82 Å². The fourth-order valence-corrected chi connectivity index (χ4v) is 0.785. The number of hydrogen-bond donors (Lipinski definition) is 0. The van der Waals surface area contributed by atoms with Gasteiger partial charge in [0.05, 0.1) is 12.7 Å². The molecule has 6 nitrogen and oxygen atoms in total. The van der Waals surface area contributed by atoms with Gasteiger partial charge < -0.3 is 4.74 Å². The van der Waals surface area contributed by atoms with Crippen molar-refractivity contribution in [3.63, 3.8) is 0 Å². The second kappa shape index (κ2) is 4.41. The Morgan fingerprint density at radius 1 is 1.67 bits per heavy atom. The molecule has 6 heteroatoms. The maximum absolute atomic E-state index is 8.39. The van der Waals surface area contributed by atoms with Crippen LogP contribution >= 0.6 is 0 Å². The van der Waals surface area contributed by atoms with E-state index in [1.807, 2.05) is 6.07 Å². The highest BCUT2D eigenvalue weighted by Crippen LogP contribution is 1.92. The third-order valence-electron chi connectivity index (χ3n) is 1.36. The molecule has 0 aliphatic carbocycles. The van der Waals surface area contributed by atoms with E-state index >= 15 is 0 Å². The summed E-state index contributed by atoms with van der Waals surface area (Å²) in [5.41, 5.74) is 0. The number of nitrogens with zero attached hydrogens (tertiary/aromatic N) is 5. The van der Waals surface area contributed by atoms with Crippen LogP contribution in [0.25, 0.3) is 0 Å². The molecular formula is C6H9N5O. The SMILES string of the molecule is COCCc1nnnn1CC#N. The number of nitriles is 1. The quantitative estimate of drug-likeness (QED) is 0.597. The van der Waals surface area contributed by atoms with Gasteiger partial charge in [0.25, 0.3) is 0 Å². The lowest BCUT2D eigenvalue weighted by atomic mass is 10.4. The summed E-state index contributed by atoms with van der Waals surface area (Å²) >= 11 is 0. The van der Waals surface area contributed by atoms with Gasteiger partial charge in [-0.1, -0.05) is 0 Å². The molecule has 0 N–H and O–H groups in total. The molecule has 0 atom stereocenters. The fourth-order valence-electron chi connectivity index (χ4n) is 0.785. The van der Waals surface area contributed by atoms with Crippen LogP contribution in [0.2, 0.25) is 0 Å². The Labute approximate surface area is 69.7 Å². The molecule has 0 amide bonds. The van der Waals surface area contributed by atoms with Crippen molar-refractivity contribution in [2.45, 2.75) is 13.0 Å². The Morgan fingerprint density at radius 3 is 3.17 bits per heavy atom. The minimum atomic E-state index is 0.187. The van der Waals surface area contributed by atoms with Gasteiger partial charge in [-0.15, -0.1) is 5.10 Å². The van der Waals surface area contributed by atoms with E-state index in [2.05, 4.69) is 15.5 Å². The van der Waals surface area contributed by atoms with E-state index in [9.17, 15) is 0 Å². The summed E-state index contributed by atoms with van der Waals surface area (Å²) in [5.74, 6) is 0.679. The molecule has 64 valence electrons. The van der Waals surface area contributed by atoms with E-state index in [1.54, 1.807) is 7.11 Å². The zero-order chi connectivity index (χ0) is 8.81. The van der Waals surface area contributed by atoms with E-state index in [-0.39, 0.29) is 6.54 Å². The highest BCUT2D eigenvalue weighted by molar-refractivity contribution is 4.84. The van der Waals surface area contributed by atoms with Gasteiger partial charge >= 0.3 is 0 Å². The second-order valence-electron chi connectivity index (χ2n) is 2.15. The summed E-state index contributed by atoms with van der Waals surface area (Å²) in [5, 5.41) is 19.2. The Morgan fingerprint density at radius 2 is 2.50 bits per heavy atom. The average Bonchev–Trinajstić information content (AvgIpc) is 2.50. The molecule has 1 heterocycles. The molecule has 0 fully saturated rings. The predicted octanol–water partition coefficient (Wildman–Crippen LogP) is -0.614. The zero-order valence-corrected chi connectivity index (χ0v) is 6.77. The third kappa shape index (κ3) is 2.00. The second-order valence-corrected chi connectivity index (χ2v) is 2.15. The van der Waals surface area contributed by atoms with Gasteiger partial charge in [-0.2, -0.15) is 5.26 Å². The molecular weight excluding hydrogens is 158 g/mol. The van der Waals surface area contributed by atoms with Gasteiger partial charge in [-0.3, -0.25) is 0 Å². The Balaban J connectivity index is 2.58. The maximum atomic E-state index is 8.39. The lowest BCUT2D eigenvalue weighted by molar-refractivity contribution is 0.199. The summed E-state index contributed by atoms with van der Waals surface area (Å²) in [6.07, 6.45) is 0.630. The molecule has 0 unspecified atom stereocenters. The number of methoxy groups -OCH3 is 1. The summed E-state index contributed by atoms with van der Waals surface area (Å²) in [4.78, 5) is 0. The topological polar surface area (TPSA) is 76.6 Å². The van der Waals surface area contributed by atoms with Crippen LogP contribution in [0.15, 0.2) is 0 Å². The third-order valence-corrected chi connectivity index (χ3v) is 1.36. The molecule has 0 aromatic carbocycles. The molecule has 0 saturated heterocycles. The first kappa shape index (κ1) is 8.62. The van der Waals surface area contributed by atoms with Crippen molar-refractivity contribution in [2.75, 3.05) is 13.7 Å². The molecule has 0 aliphatic heterocycles. The maximum Gasteiger partial charge on any atom is 0.154 e. The number of aromatic nitrogens is 4. The van der Waals surface area contributed by atoms with Gasteiger partial charge in [0.1, 0.15) is 6.54 Å². The molecule has 0 aliphatic rings. The monoisotopic (exact) mass is 167 g/mol. The number of tetrazole rings is 1. The van der Waals surface area contributed by atoms with Crippen molar-refractivity contribution < 1.29 is 4.74 Å². The number of rotatable bonds is 4. The minimum Gasteiger partial charge on any atom is -0.384 e. The van der Waals surface area contributed by atoms with E-state index < -0.39 is 0 Å². The van der Waals surface area contributed by atoms with Crippen LogP contribution in [0.1, 0.15) is 5.82 Å². The predicted molar refractivity (Wildman–Crippen MR) is 39.0 cm³/mol.